The average Bonchev–Trinajstić information content (AvgIpc) is 3.15. The zero-order valence-corrected chi connectivity index (χ0v) is 15.6. The van der Waals surface area contributed by atoms with Crippen LogP contribution in [0.3, 0.4) is 0 Å². The molecule has 0 fully saturated rings. The Morgan fingerprint density at radius 3 is 2.86 bits per heavy atom. The number of nitrogens with zero attached hydrogens (tertiary/aromatic N) is 2. The molecular formula is C21H21N3O4. The van der Waals surface area contributed by atoms with Crippen molar-refractivity contribution in [1.29, 1.82) is 0 Å². The number of benzene rings is 2. The zero-order chi connectivity index (χ0) is 19.5. The summed E-state index contributed by atoms with van der Waals surface area (Å²) in [4.78, 5) is 34.3. The lowest BCUT2D eigenvalue weighted by Gasteiger charge is -2.24. The lowest BCUT2D eigenvalue weighted by molar-refractivity contribution is -0.139. The Bertz CT molecular complexity index is 1040. The van der Waals surface area contributed by atoms with E-state index in [1.54, 1.807) is 30.2 Å². The van der Waals surface area contributed by atoms with Crippen molar-refractivity contribution in [2.45, 2.75) is 19.1 Å². The molecule has 0 saturated heterocycles. The summed E-state index contributed by atoms with van der Waals surface area (Å²) in [5.41, 5.74) is 1.40. The van der Waals surface area contributed by atoms with E-state index in [-0.39, 0.29) is 18.0 Å². The molecule has 0 saturated carbocycles. The topological polar surface area (TPSA) is 84.5 Å². The molecule has 7 heteroatoms. The molecule has 2 aromatic carbocycles. The Hall–Kier alpha value is -3.19. The van der Waals surface area contributed by atoms with Gasteiger partial charge >= 0.3 is 0 Å². The van der Waals surface area contributed by atoms with Crippen molar-refractivity contribution < 1.29 is 14.3 Å². The molecule has 2 heterocycles. The number of aromatic nitrogens is 2. The number of fused-ring (bicyclic) bond motifs is 2. The van der Waals surface area contributed by atoms with E-state index in [9.17, 15) is 9.59 Å². The summed E-state index contributed by atoms with van der Waals surface area (Å²) in [5, 5.41) is 0.524. The number of rotatable bonds is 6. The van der Waals surface area contributed by atoms with Crippen molar-refractivity contribution in [2.24, 2.45) is 0 Å². The first-order valence-electron chi connectivity index (χ1n) is 9.16. The number of para-hydroxylation sites is 2. The van der Waals surface area contributed by atoms with E-state index in [2.05, 4.69) is 9.97 Å². The van der Waals surface area contributed by atoms with Crippen LogP contribution in [0.15, 0.2) is 53.3 Å². The fourth-order valence-electron chi connectivity index (χ4n) is 3.38. The molecular weight excluding hydrogens is 358 g/mol. The third kappa shape index (κ3) is 3.61. The van der Waals surface area contributed by atoms with Gasteiger partial charge in [-0.25, -0.2) is 4.98 Å². The SMILES string of the molecule is COCCN(Cc1nc2ccccc2c(=O)[nH]1)C(=O)[C@@H]1Cc2ccccc2O1. The second kappa shape index (κ2) is 7.82. The third-order valence-corrected chi connectivity index (χ3v) is 4.80. The van der Waals surface area contributed by atoms with Gasteiger partial charge in [0.25, 0.3) is 11.5 Å². The summed E-state index contributed by atoms with van der Waals surface area (Å²) in [6, 6.07) is 14.8. The van der Waals surface area contributed by atoms with E-state index in [0.717, 1.165) is 11.3 Å². The Labute approximate surface area is 161 Å². The molecule has 1 amide bonds. The van der Waals surface area contributed by atoms with Gasteiger partial charge in [0.1, 0.15) is 11.6 Å². The molecule has 1 aliphatic heterocycles. The normalized spacial score (nSPS) is 15.2. The number of hydrogen-bond donors (Lipinski definition) is 1. The van der Waals surface area contributed by atoms with E-state index >= 15 is 0 Å². The van der Waals surface area contributed by atoms with Crippen LogP contribution in [0.4, 0.5) is 0 Å². The Morgan fingerprint density at radius 2 is 2.04 bits per heavy atom. The van der Waals surface area contributed by atoms with Gasteiger partial charge in [0, 0.05) is 20.1 Å². The highest BCUT2D eigenvalue weighted by Crippen LogP contribution is 2.29. The molecule has 4 rings (SSSR count). The van der Waals surface area contributed by atoms with Crippen LogP contribution in [0.25, 0.3) is 10.9 Å². The smallest absolute Gasteiger partial charge is 0.264 e. The van der Waals surface area contributed by atoms with Crippen LogP contribution in [0.1, 0.15) is 11.4 Å². The first-order valence-corrected chi connectivity index (χ1v) is 9.16. The number of amides is 1. The van der Waals surface area contributed by atoms with Crippen molar-refractivity contribution in [3.05, 3.63) is 70.3 Å². The first-order chi connectivity index (χ1) is 13.7. The molecule has 1 aromatic heterocycles. The van der Waals surface area contributed by atoms with Crippen LogP contribution in [-0.4, -0.2) is 47.1 Å². The summed E-state index contributed by atoms with van der Waals surface area (Å²) in [6.45, 7) is 0.934. The molecule has 1 N–H and O–H groups in total. The van der Waals surface area contributed by atoms with Crippen LogP contribution < -0.4 is 10.3 Å². The van der Waals surface area contributed by atoms with Crippen LogP contribution >= 0.6 is 0 Å². The molecule has 0 radical (unpaired) electrons. The van der Waals surface area contributed by atoms with Gasteiger partial charge in [-0.3, -0.25) is 9.59 Å². The van der Waals surface area contributed by atoms with E-state index in [1.165, 1.54) is 0 Å². The fourth-order valence-corrected chi connectivity index (χ4v) is 3.38. The number of carbonyl (C=O) groups excluding carboxylic acids is 1. The van der Waals surface area contributed by atoms with Gasteiger partial charge in [0.2, 0.25) is 0 Å². The number of nitrogens with one attached hydrogen (secondary N) is 1. The number of ether oxygens (including phenoxy) is 2. The van der Waals surface area contributed by atoms with E-state index < -0.39 is 6.10 Å². The maximum Gasteiger partial charge on any atom is 0.264 e. The van der Waals surface area contributed by atoms with Crippen LogP contribution in [0.2, 0.25) is 0 Å². The van der Waals surface area contributed by atoms with E-state index in [4.69, 9.17) is 9.47 Å². The number of hydrogen-bond acceptors (Lipinski definition) is 5. The Kier molecular flexibility index (Phi) is 5.08. The molecule has 144 valence electrons. The molecule has 0 bridgehead atoms. The molecule has 1 atom stereocenters. The van der Waals surface area contributed by atoms with Gasteiger partial charge in [-0.15, -0.1) is 0 Å². The van der Waals surface area contributed by atoms with Crippen molar-refractivity contribution in [3.63, 3.8) is 0 Å². The second-order valence-corrected chi connectivity index (χ2v) is 6.70. The monoisotopic (exact) mass is 379 g/mol. The minimum absolute atomic E-state index is 0.149. The number of methoxy groups -OCH3 is 1. The van der Waals surface area contributed by atoms with Gasteiger partial charge < -0.3 is 19.4 Å². The largest absolute Gasteiger partial charge is 0.480 e. The number of aromatic amines is 1. The van der Waals surface area contributed by atoms with Crippen molar-refractivity contribution in [2.75, 3.05) is 20.3 Å². The highest BCUT2D eigenvalue weighted by atomic mass is 16.5. The number of H-pyrrole nitrogens is 1. The van der Waals surface area contributed by atoms with Gasteiger partial charge in [0.05, 0.1) is 24.1 Å². The predicted octanol–water partition coefficient (Wildman–Crippen LogP) is 1.90. The van der Waals surface area contributed by atoms with Crippen LogP contribution in [0.5, 0.6) is 5.75 Å². The molecule has 0 unspecified atom stereocenters. The Balaban J connectivity index is 1.57. The molecule has 0 aliphatic carbocycles. The molecule has 7 nitrogen and oxygen atoms in total. The minimum Gasteiger partial charge on any atom is -0.480 e. The fraction of sp³-hybridized carbons (Fsp3) is 0.286. The minimum atomic E-state index is -0.582. The standard InChI is InChI=1S/C21H21N3O4/c1-27-11-10-24(21(26)18-12-14-6-2-5-9-17(14)28-18)13-19-22-16-8-4-3-7-15(16)20(25)23-19/h2-9,18H,10-13H2,1H3,(H,22,23,25)/t18-/m0/s1. The highest BCUT2D eigenvalue weighted by molar-refractivity contribution is 5.83. The predicted molar refractivity (Wildman–Crippen MR) is 104 cm³/mol. The molecule has 0 spiro atoms. The molecule has 3 aromatic rings. The van der Waals surface area contributed by atoms with Gasteiger partial charge in [-0.1, -0.05) is 30.3 Å². The molecule has 1 aliphatic rings. The number of carbonyl (C=O) groups is 1. The summed E-state index contributed by atoms with van der Waals surface area (Å²) < 4.78 is 11.0. The summed E-state index contributed by atoms with van der Waals surface area (Å²) in [7, 11) is 1.58. The van der Waals surface area contributed by atoms with E-state index in [1.807, 2.05) is 30.3 Å². The summed E-state index contributed by atoms with van der Waals surface area (Å²) >= 11 is 0. The maximum atomic E-state index is 13.1. The van der Waals surface area contributed by atoms with Gasteiger partial charge in [0.15, 0.2) is 6.10 Å². The third-order valence-electron chi connectivity index (χ3n) is 4.80. The summed E-state index contributed by atoms with van der Waals surface area (Å²) in [5.74, 6) is 1.03. The second-order valence-electron chi connectivity index (χ2n) is 6.70. The lowest BCUT2D eigenvalue weighted by atomic mass is 10.1. The van der Waals surface area contributed by atoms with E-state index in [0.29, 0.717) is 36.3 Å². The maximum absolute atomic E-state index is 13.1. The zero-order valence-electron chi connectivity index (χ0n) is 15.6. The van der Waals surface area contributed by atoms with Crippen molar-refractivity contribution >= 4 is 16.8 Å². The Morgan fingerprint density at radius 1 is 1.25 bits per heavy atom. The summed E-state index contributed by atoms with van der Waals surface area (Å²) in [6.07, 6.45) is -0.0541. The van der Waals surface area contributed by atoms with Gasteiger partial charge in [-0.2, -0.15) is 0 Å². The lowest BCUT2D eigenvalue weighted by Crippen LogP contribution is -2.43. The average molecular weight is 379 g/mol. The molecule has 28 heavy (non-hydrogen) atoms. The van der Waals surface area contributed by atoms with Crippen molar-refractivity contribution in [1.82, 2.24) is 14.9 Å². The van der Waals surface area contributed by atoms with Crippen molar-refractivity contribution in [3.8, 4) is 5.75 Å². The van der Waals surface area contributed by atoms with Gasteiger partial charge in [-0.05, 0) is 23.8 Å². The quantitative estimate of drug-likeness (QED) is 0.707. The van der Waals surface area contributed by atoms with Crippen LogP contribution in [0, 0.1) is 0 Å². The highest BCUT2D eigenvalue weighted by Gasteiger charge is 2.32. The first kappa shape index (κ1) is 18.2. The van der Waals surface area contributed by atoms with Crippen LogP contribution in [-0.2, 0) is 22.5 Å².